The van der Waals surface area contributed by atoms with Crippen LogP contribution < -0.4 is 5.73 Å². The quantitative estimate of drug-likeness (QED) is 0.589. The first-order chi connectivity index (χ1) is 3.42. The van der Waals surface area contributed by atoms with E-state index in [1.165, 1.54) is 0 Å². The summed E-state index contributed by atoms with van der Waals surface area (Å²) in [5.41, 5.74) is 4.53. The summed E-state index contributed by atoms with van der Waals surface area (Å²) in [5, 5.41) is 0. The average molecular weight is 123 g/mol. The third-order valence-electron chi connectivity index (χ3n) is 0.680. The van der Waals surface area contributed by atoms with Gasteiger partial charge in [0.1, 0.15) is 0 Å². The van der Waals surface area contributed by atoms with Gasteiger partial charge in [-0.3, -0.25) is 0 Å². The molecule has 3 heteroatoms. The van der Waals surface area contributed by atoms with Crippen molar-refractivity contribution in [1.82, 2.24) is 0 Å². The number of hydrogen-bond acceptors (Lipinski definition) is 1. The van der Waals surface area contributed by atoms with Crippen LogP contribution >= 0.6 is 0 Å². The molecule has 1 nitrogen and oxygen atoms in total. The van der Waals surface area contributed by atoms with Crippen molar-refractivity contribution in [2.24, 2.45) is 5.73 Å². The predicted molar refractivity (Wildman–Crippen MR) is 28.9 cm³/mol. The molecule has 0 radical (unpaired) electrons. The Kier molecular flexibility index (Phi) is 2.34. The topological polar surface area (TPSA) is 26.0 Å². The van der Waals surface area contributed by atoms with Gasteiger partial charge < -0.3 is 5.73 Å². The molecule has 50 valence electrons. The first-order valence-corrected chi connectivity index (χ1v) is 2.49. The van der Waals surface area contributed by atoms with Crippen molar-refractivity contribution in [3.05, 3.63) is 0 Å². The van der Waals surface area contributed by atoms with E-state index in [0.29, 0.717) is 0 Å². The van der Waals surface area contributed by atoms with Crippen molar-refractivity contribution < 1.29 is 8.78 Å². The van der Waals surface area contributed by atoms with Gasteiger partial charge >= 0.3 is 0 Å². The zero-order valence-corrected chi connectivity index (χ0v) is 5.12. The number of rotatable bonds is 2. The number of alkyl halides is 2. The zero-order valence-electron chi connectivity index (χ0n) is 5.12. The maximum atomic E-state index is 11.5. The van der Waals surface area contributed by atoms with E-state index < -0.39 is 12.0 Å². The highest BCUT2D eigenvalue weighted by Crippen LogP contribution is 2.10. The fraction of sp³-hybridized carbons (Fsp3) is 1.00. The van der Waals surface area contributed by atoms with Crippen LogP contribution in [0.25, 0.3) is 0 Å². The summed E-state index contributed by atoms with van der Waals surface area (Å²) in [7, 11) is 0. The molecular formula is C5H11F2N. The van der Waals surface area contributed by atoms with E-state index in [9.17, 15) is 8.78 Å². The summed E-state index contributed by atoms with van der Waals surface area (Å²) in [4.78, 5) is 0. The molecule has 0 aromatic carbocycles. The van der Waals surface area contributed by atoms with E-state index in [2.05, 4.69) is 0 Å². The Hall–Kier alpha value is -0.180. The molecule has 0 amide bonds. The van der Waals surface area contributed by atoms with E-state index in [4.69, 9.17) is 5.73 Å². The van der Waals surface area contributed by atoms with Crippen LogP contribution in [0.2, 0.25) is 0 Å². The van der Waals surface area contributed by atoms with Crippen molar-refractivity contribution in [1.29, 1.82) is 0 Å². The molecule has 0 saturated carbocycles. The van der Waals surface area contributed by atoms with Gasteiger partial charge in [0.25, 0.3) is 0 Å². The van der Waals surface area contributed by atoms with Gasteiger partial charge in [0.2, 0.25) is 6.43 Å². The van der Waals surface area contributed by atoms with Crippen molar-refractivity contribution in [2.75, 3.05) is 0 Å². The van der Waals surface area contributed by atoms with Gasteiger partial charge in [-0.1, -0.05) is 0 Å². The van der Waals surface area contributed by atoms with Crippen LogP contribution in [0.3, 0.4) is 0 Å². The second kappa shape index (κ2) is 2.40. The third kappa shape index (κ3) is 5.82. The van der Waals surface area contributed by atoms with E-state index in [1.807, 2.05) is 0 Å². The molecule has 0 atom stereocenters. The summed E-state index contributed by atoms with van der Waals surface area (Å²) in [6.07, 6.45) is -2.51. The monoisotopic (exact) mass is 123 g/mol. The molecular weight excluding hydrogens is 112 g/mol. The van der Waals surface area contributed by atoms with Crippen molar-refractivity contribution in [2.45, 2.75) is 32.2 Å². The van der Waals surface area contributed by atoms with Gasteiger partial charge in [0.05, 0.1) is 0 Å². The molecule has 0 aliphatic carbocycles. The SMILES string of the molecule is CC(C)(N)CC(F)F. The standard InChI is InChI=1S/C5H11F2N/c1-5(2,8)3-4(6)7/h4H,3,8H2,1-2H3. The van der Waals surface area contributed by atoms with Gasteiger partial charge in [-0.05, 0) is 13.8 Å². The second-order valence-corrected chi connectivity index (χ2v) is 2.58. The summed E-state index contributed by atoms with van der Waals surface area (Å²) in [6.45, 7) is 3.16. The van der Waals surface area contributed by atoms with E-state index >= 15 is 0 Å². The summed E-state index contributed by atoms with van der Waals surface area (Å²) in [5.74, 6) is 0. The van der Waals surface area contributed by atoms with Crippen LogP contribution in [0.15, 0.2) is 0 Å². The first kappa shape index (κ1) is 7.82. The fourth-order valence-electron chi connectivity index (χ4n) is 0.398. The van der Waals surface area contributed by atoms with Crippen LogP contribution in [-0.2, 0) is 0 Å². The molecule has 0 bridgehead atoms. The van der Waals surface area contributed by atoms with Gasteiger partial charge in [-0.15, -0.1) is 0 Å². The molecule has 2 N–H and O–H groups in total. The lowest BCUT2D eigenvalue weighted by Crippen LogP contribution is -2.33. The molecule has 0 rings (SSSR count). The third-order valence-corrected chi connectivity index (χ3v) is 0.680. The normalized spacial score (nSPS) is 12.8. The number of nitrogens with two attached hydrogens (primary N) is 1. The highest BCUT2D eigenvalue weighted by Gasteiger charge is 2.16. The van der Waals surface area contributed by atoms with Crippen molar-refractivity contribution >= 4 is 0 Å². The van der Waals surface area contributed by atoms with Gasteiger partial charge in [0.15, 0.2) is 0 Å². The maximum Gasteiger partial charge on any atom is 0.240 e. The Morgan fingerprint density at radius 2 is 1.88 bits per heavy atom. The lowest BCUT2D eigenvalue weighted by atomic mass is 10.0. The Morgan fingerprint density at radius 3 is 1.88 bits per heavy atom. The highest BCUT2D eigenvalue weighted by atomic mass is 19.3. The van der Waals surface area contributed by atoms with Crippen LogP contribution in [0.1, 0.15) is 20.3 Å². The van der Waals surface area contributed by atoms with Crippen LogP contribution in [0.4, 0.5) is 8.78 Å². The lowest BCUT2D eigenvalue weighted by Gasteiger charge is -2.16. The zero-order chi connectivity index (χ0) is 6.78. The van der Waals surface area contributed by atoms with Crippen LogP contribution in [0, 0.1) is 0 Å². The maximum absolute atomic E-state index is 11.5. The first-order valence-electron chi connectivity index (χ1n) is 2.49. The van der Waals surface area contributed by atoms with Gasteiger partial charge in [0, 0.05) is 12.0 Å². The average Bonchev–Trinajstić information content (AvgIpc) is 1.21. The Bertz CT molecular complexity index is 65.3. The van der Waals surface area contributed by atoms with Crippen LogP contribution in [-0.4, -0.2) is 12.0 Å². The minimum absolute atomic E-state index is 0.229. The molecule has 0 aromatic heterocycles. The molecule has 0 heterocycles. The van der Waals surface area contributed by atoms with Gasteiger partial charge in [-0.2, -0.15) is 0 Å². The van der Waals surface area contributed by atoms with E-state index in [1.54, 1.807) is 13.8 Å². The molecule has 0 aromatic rings. The lowest BCUT2D eigenvalue weighted by molar-refractivity contribution is 0.113. The molecule has 0 spiro atoms. The molecule has 0 fully saturated rings. The summed E-state index contributed by atoms with van der Waals surface area (Å²) in [6, 6.07) is 0. The Labute approximate surface area is 47.9 Å². The Morgan fingerprint density at radius 1 is 1.50 bits per heavy atom. The summed E-state index contributed by atoms with van der Waals surface area (Å²) < 4.78 is 22.9. The molecule has 0 unspecified atom stereocenters. The molecule has 0 saturated heterocycles. The van der Waals surface area contributed by atoms with E-state index in [0.717, 1.165) is 0 Å². The van der Waals surface area contributed by atoms with E-state index in [-0.39, 0.29) is 6.42 Å². The van der Waals surface area contributed by atoms with Crippen molar-refractivity contribution in [3.63, 3.8) is 0 Å². The fourth-order valence-corrected chi connectivity index (χ4v) is 0.398. The molecule has 0 aliphatic heterocycles. The number of hydrogen-bond donors (Lipinski definition) is 1. The minimum atomic E-state index is -2.28. The summed E-state index contributed by atoms with van der Waals surface area (Å²) >= 11 is 0. The smallest absolute Gasteiger partial charge is 0.240 e. The Balaban J connectivity index is 3.39. The largest absolute Gasteiger partial charge is 0.325 e. The second-order valence-electron chi connectivity index (χ2n) is 2.58. The van der Waals surface area contributed by atoms with Crippen molar-refractivity contribution in [3.8, 4) is 0 Å². The minimum Gasteiger partial charge on any atom is -0.325 e. The van der Waals surface area contributed by atoms with Gasteiger partial charge in [-0.25, -0.2) is 8.78 Å². The van der Waals surface area contributed by atoms with Crippen LogP contribution in [0.5, 0.6) is 0 Å². The number of halogens is 2. The predicted octanol–water partition coefficient (Wildman–Crippen LogP) is 1.38. The molecule has 0 aliphatic rings. The highest BCUT2D eigenvalue weighted by molar-refractivity contribution is 4.71. The molecule has 8 heavy (non-hydrogen) atoms.